The summed E-state index contributed by atoms with van der Waals surface area (Å²) in [6.45, 7) is 6.37. The fraction of sp³-hybridized carbons (Fsp3) is 1.00. The summed E-state index contributed by atoms with van der Waals surface area (Å²) in [4.78, 5) is 0. The van der Waals surface area contributed by atoms with E-state index < -0.39 is 0 Å². The molecule has 2 unspecified atom stereocenters. The largest absolute Gasteiger partial charge is 0.384 e. The average Bonchev–Trinajstić information content (AvgIpc) is 2.59. The fourth-order valence-electron chi connectivity index (χ4n) is 3.71. The Morgan fingerprint density at radius 2 is 0.833 bits per heavy atom. The second kappa shape index (κ2) is 19.2. The zero-order valence-corrected chi connectivity index (χ0v) is 17.3. The zero-order valence-electron chi connectivity index (χ0n) is 17.3. The molecule has 0 N–H and O–H groups in total. The standard InChI is InChI=1S/C22H46O2/c1-5-7-9-11-13-15-17-21(19-23-3)22(20-24-4)18-16-14-12-10-8-6-2/h21-22H,5-20H2,1-4H3. The maximum atomic E-state index is 5.53. The third-order valence-corrected chi connectivity index (χ3v) is 5.29. The minimum atomic E-state index is 0.678. The van der Waals surface area contributed by atoms with E-state index in [0.29, 0.717) is 11.8 Å². The Labute approximate surface area is 153 Å². The summed E-state index contributed by atoms with van der Waals surface area (Å²) in [6.07, 6.45) is 19.2. The summed E-state index contributed by atoms with van der Waals surface area (Å²) in [7, 11) is 3.70. The van der Waals surface area contributed by atoms with Gasteiger partial charge in [-0.1, -0.05) is 90.9 Å². The molecule has 0 aliphatic carbocycles. The lowest BCUT2D eigenvalue weighted by molar-refractivity contribution is 0.0592. The normalized spacial score (nSPS) is 14.0. The highest BCUT2D eigenvalue weighted by Crippen LogP contribution is 2.26. The topological polar surface area (TPSA) is 18.5 Å². The van der Waals surface area contributed by atoms with Gasteiger partial charge in [-0.2, -0.15) is 0 Å². The Morgan fingerprint density at radius 1 is 0.500 bits per heavy atom. The maximum Gasteiger partial charge on any atom is 0.0493 e. The number of rotatable bonds is 19. The van der Waals surface area contributed by atoms with Gasteiger partial charge >= 0.3 is 0 Å². The van der Waals surface area contributed by atoms with Gasteiger partial charge < -0.3 is 9.47 Å². The summed E-state index contributed by atoms with van der Waals surface area (Å²) in [5, 5.41) is 0. The smallest absolute Gasteiger partial charge is 0.0493 e. The highest BCUT2D eigenvalue weighted by molar-refractivity contribution is 4.71. The predicted molar refractivity (Wildman–Crippen MR) is 107 cm³/mol. The van der Waals surface area contributed by atoms with Gasteiger partial charge in [0.15, 0.2) is 0 Å². The van der Waals surface area contributed by atoms with Gasteiger partial charge in [-0.15, -0.1) is 0 Å². The van der Waals surface area contributed by atoms with Crippen LogP contribution in [0.25, 0.3) is 0 Å². The van der Waals surface area contributed by atoms with Crippen molar-refractivity contribution in [3.8, 4) is 0 Å². The zero-order chi connectivity index (χ0) is 17.9. The van der Waals surface area contributed by atoms with E-state index in [0.717, 1.165) is 13.2 Å². The minimum absolute atomic E-state index is 0.678. The second-order valence-corrected chi connectivity index (χ2v) is 7.54. The molecular weight excluding hydrogens is 296 g/mol. The van der Waals surface area contributed by atoms with Crippen LogP contribution < -0.4 is 0 Å². The van der Waals surface area contributed by atoms with Crippen molar-refractivity contribution in [1.82, 2.24) is 0 Å². The van der Waals surface area contributed by atoms with Gasteiger partial charge in [0.25, 0.3) is 0 Å². The Balaban J connectivity index is 4.05. The quantitative estimate of drug-likeness (QED) is 0.235. The second-order valence-electron chi connectivity index (χ2n) is 7.54. The van der Waals surface area contributed by atoms with Crippen LogP contribution in [0.5, 0.6) is 0 Å². The van der Waals surface area contributed by atoms with Gasteiger partial charge in [-0.05, 0) is 24.7 Å². The van der Waals surface area contributed by atoms with E-state index in [1.54, 1.807) is 0 Å². The van der Waals surface area contributed by atoms with Crippen molar-refractivity contribution < 1.29 is 9.47 Å². The van der Waals surface area contributed by atoms with E-state index in [1.807, 2.05) is 14.2 Å². The molecule has 0 aromatic rings. The first-order valence-electron chi connectivity index (χ1n) is 10.8. The maximum absolute atomic E-state index is 5.53. The Hall–Kier alpha value is -0.0800. The average molecular weight is 343 g/mol. The molecule has 146 valence electrons. The lowest BCUT2D eigenvalue weighted by atomic mass is 9.84. The highest BCUT2D eigenvalue weighted by atomic mass is 16.5. The van der Waals surface area contributed by atoms with E-state index in [4.69, 9.17) is 9.47 Å². The fourth-order valence-corrected chi connectivity index (χ4v) is 3.71. The van der Waals surface area contributed by atoms with Crippen LogP contribution in [0.2, 0.25) is 0 Å². The molecule has 2 heteroatoms. The molecule has 2 nitrogen and oxygen atoms in total. The molecule has 0 aliphatic rings. The molecule has 0 aromatic heterocycles. The van der Waals surface area contributed by atoms with Crippen LogP contribution in [0.15, 0.2) is 0 Å². The van der Waals surface area contributed by atoms with Crippen molar-refractivity contribution in [2.24, 2.45) is 11.8 Å². The molecule has 0 fully saturated rings. The van der Waals surface area contributed by atoms with Crippen LogP contribution in [0.1, 0.15) is 104 Å². The van der Waals surface area contributed by atoms with Gasteiger partial charge in [0.1, 0.15) is 0 Å². The van der Waals surface area contributed by atoms with Crippen molar-refractivity contribution in [1.29, 1.82) is 0 Å². The van der Waals surface area contributed by atoms with E-state index in [2.05, 4.69) is 13.8 Å². The van der Waals surface area contributed by atoms with Crippen molar-refractivity contribution in [2.45, 2.75) is 104 Å². The van der Waals surface area contributed by atoms with Gasteiger partial charge in [-0.3, -0.25) is 0 Å². The van der Waals surface area contributed by atoms with Gasteiger partial charge in [0.05, 0.1) is 0 Å². The monoisotopic (exact) mass is 342 g/mol. The molecule has 0 aromatic carbocycles. The summed E-state index contributed by atoms with van der Waals surface area (Å²) >= 11 is 0. The molecule has 0 spiro atoms. The first-order chi connectivity index (χ1) is 11.8. The minimum Gasteiger partial charge on any atom is -0.384 e. The SMILES string of the molecule is CCCCCCCCC(COC)C(CCCCCCCC)COC. The van der Waals surface area contributed by atoms with Crippen molar-refractivity contribution >= 4 is 0 Å². The number of methoxy groups -OCH3 is 2. The lowest BCUT2D eigenvalue weighted by Crippen LogP contribution is -2.24. The molecular formula is C22H46O2. The molecule has 0 amide bonds. The lowest BCUT2D eigenvalue weighted by Gasteiger charge is -2.26. The summed E-state index contributed by atoms with van der Waals surface area (Å²) < 4.78 is 11.1. The van der Waals surface area contributed by atoms with E-state index in [9.17, 15) is 0 Å². The molecule has 0 heterocycles. The third kappa shape index (κ3) is 14.3. The first kappa shape index (κ1) is 23.9. The molecule has 0 saturated carbocycles. The Bertz CT molecular complexity index is 206. The third-order valence-electron chi connectivity index (χ3n) is 5.29. The van der Waals surface area contributed by atoms with Crippen LogP contribution in [-0.2, 0) is 9.47 Å². The van der Waals surface area contributed by atoms with Crippen LogP contribution in [0, 0.1) is 11.8 Å². The van der Waals surface area contributed by atoms with Crippen molar-refractivity contribution in [2.75, 3.05) is 27.4 Å². The molecule has 0 radical (unpaired) electrons. The predicted octanol–water partition coefficient (Wildman–Crippen LogP) is 7.01. The van der Waals surface area contributed by atoms with E-state index in [-0.39, 0.29) is 0 Å². The molecule has 0 saturated heterocycles. The highest BCUT2D eigenvalue weighted by Gasteiger charge is 2.21. The molecule has 2 atom stereocenters. The van der Waals surface area contributed by atoms with Crippen LogP contribution in [0.3, 0.4) is 0 Å². The number of ether oxygens (including phenoxy) is 2. The van der Waals surface area contributed by atoms with E-state index in [1.165, 1.54) is 89.9 Å². The number of hydrogen-bond acceptors (Lipinski definition) is 2. The first-order valence-corrected chi connectivity index (χ1v) is 10.8. The summed E-state index contributed by atoms with van der Waals surface area (Å²) in [6, 6.07) is 0. The summed E-state index contributed by atoms with van der Waals surface area (Å²) in [5.41, 5.74) is 0. The van der Waals surface area contributed by atoms with Gasteiger partial charge in [0.2, 0.25) is 0 Å². The molecule has 24 heavy (non-hydrogen) atoms. The van der Waals surface area contributed by atoms with Gasteiger partial charge in [-0.25, -0.2) is 0 Å². The van der Waals surface area contributed by atoms with Crippen LogP contribution in [0.4, 0.5) is 0 Å². The van der Waals surface area contributed by atoms with Crippen LogP contribution >= 0.6 is 0 Å². The van der Waals surface area contributed by atoms with Crippen molar-refractivity contribution in [3.05, 3.63) is 0 Å². The van der Waals surface area contributed by atoms with Crippen molar-refractivity contribution in [3.63, 3.8) is 0 Å². The Morgan fingerprint density at radius 3 is 1.17 bits per heavy atom. The molecule has 0 rings (SSSR count). The number of hydrogen-bond donors (Lipinski definition) is 0. The summed E-state index contributed by atoms with van der Waals surface area (Å²) in [5.74, 6) is 1.36. The molecule has 0 aliphatic heterocycles. The number of unbranched alkanes of at least 4 members (excludes halogenated alkanes) is 10. The van der Waals surface area contributed by atoms with E-state index >= 15 is 0 Å². The van der Waals surface area contributed by atoms with Gasteiger partial charge in [0, 0.05) is 27.4 Å². The molecule has 0 bridgehead atoms. The Kier molecular flexibility index (Phi) is 19.2. The van der Waals surface area contributed by atoms with Crippen LogP contribution in [-0.4, -0.2) is 27.4 Å².